The van der Waals surface area contributed by atoms with E-state index in [0.29, 0.717) is 25.7 Å². The quantitative estimate of drug-likeness (QED) is 0.352. The number of ether oxygens (including phenoxy) is 2. The lowest BCUT2D eigenvalue weighted by Gasteiger charge is -2.15. The molecule has 2 aromatic rings. The van der Waals surface area contributed by atoms with Crippen LogP contribution in [0, 0.1) is 11.8 Å². The van der Waals surface area contributed by atoms with Crippen LogP contribution in [0.5, 0.6) is 0 Å². The van der Waals surface area contributed by atoms with E-state index in [9.17, 15) is 4.79 Å². The molecule has 0 saturated carbocycles. The van der Waals surface area contributed by atoms with Crippen LogP contribution < -0.4 is 0 Å². The van der Waals surface area contributed by atoms with Crippen molar-refractivity contribution >= 4 is 23.6 Å². The molecule has 1 aliphatic rings. The van der Waals surface area contributed by atoms with E-state index in [4.69, 9.17) is 14.3 Å². The van der Waals surface area contributed by atoms with Crippen LogP contribution in [0.2, 0.25) is 0 Å². The number of rotatable bonds is 9. The average molecular weight is 400 g/mol. The van der Waals surface area contributed by atoms with Crippen molar-refractivity contribution in [3.8, 4) is 0 Å². The molecular formula is C22H25NO4S. The number of thioether (sulfide) groups is 1. The highest BCUT2D eigenvalue weighted by atomic mass is 32.2. The van der Waals surface area contributed by atoms with Crippen LogP contribution in [0.4, 0.5) is 0 Å². The van der Waals surface area contributed by atoms with E-state index in [1.165, 1.54) is 4.90 Å². The fraction of sp³-hybridized carbons (Fsp3) is 0.364. The fourth-order valence-electron chi connectivity index (χ4n) is 2.99. The van der Waals surface area contributed by atoms with Gasteiger partial charge in [0.05, 0.1) is 25.6 Å². The fourth-order valence-corrected chi connectivity index (χ4v) is 4.08. The lowest BCUT2D eigenvalue weighted by Crippen LogP contribution is -2.23. The Bertz CT molecular complexity index is 767. The molecule has 2 atom stereocenters. The van der Waals surface area contributed by atoms with Gasteiger partial charge in [0.1, 0.15) is 6.61 Å². The van der Waals surface area contributed by atoms with Gasteiger partial charge in [-0.05, 0) is 24.6 Å². The first-order valence-corrected chi connectivity index (χ1v) is 10.4. The molecule has 148 valence electrons. The van der Waals surface area contributed by atoms with Gasteiger partial charge in [-0.2, -0.15) is 0 Å². The van der Waals surface area contributed by atoms with Gasteiger partial charge in [-0.15, -0.1) is 11.8 Å². The highest BCUT2D eigenvalue weighted by Gasteiger charge is 2.37. The maximum atomic E-state index is 12.1. The smallest absolute Gasteiger partial charge is 0.306 e. The van der Waals surface area contributed by atoms with E-state index in [1.54, 1.807) is 11.8 Å². The zero-order chi connectivity index (χ0) is 19.6. The summed E-state index contributed by atoms with van der Waals surface area (Å²) in [6.07, 6.45) is 0.251. The van der Waals surface area contributed by atoms with Gasteiger partial charge < -0.3 is 14.3 Å². The summed E-state index contributed by atoms with van der Waals surface area (Å²) in [6, 6.07) is 20.0. The van der Waals surface area contributed by atoms with Gasteiger partial charge in [0, 0.05) is 16.6 Å². The summed E-state index contributed by atoms with van der Waals surface area (Å²) < 4.78 is 10.9. The van der Waals surface area contributed by atoms with Crippen molar-refractivity contribution < 1.29 is 19.1 Å². The summed E-state index contributed by atoms with van der Waals surface area (Å²) in [5, 5.41) is 4.20. The normalized spacial score (nSPS) is 20.0. The Morgan fingerprint density at radius 3 is 2.57 bits per heavy atom. The first kappa shape index (κ1) is 20.3. The van der Waals surface area contributed by atoms with Crippen LogP contribution in [-0.4, -0.2) is 30.8 Å². The molecule has 0 radical (unpaired) electrons. The molecule has 0 aromatic heterocycles. The molecule has 0 unspecified atom stereocenters. The number of carbonyl (C=O) groups excluding carboxylic acids is 1. The molecule has 28 heavy (non-hydrogen) atoms. The van der Waals surface area contributed by atoms with Crippen LogP contribution >= 0.6 is 11.8 Å². The monoisotopic (exact) mass is 399 g/mol. The molecule has 3 rings (SSSR count). The zero-order valence-corrected chi connectivity index (χ0v) is 16.8. The van der Waals surface area contributed by atoms with Crippen molar-refractivity contribution in [3.05, 3.63) is 66.2 Å². The minimum Gasteiger partial charge on any atom is -0.478 e. The highest BCUT2D eigenvalue weighted by Crippen LogP contribution is 2.32. The Morgan fingerprint density at radius 1 is 1.14 bits per heavy atom. The largest absolute Gasteiger partial charge is 0.478 e. The lowest BCUT2D eigenvalue weighted by molar-refractivity contribution is -0.143. The highest BCUT2D eigenvalue weighted by molar-refractivity contribution is 7.99. The Balaban J connectivity index is 1.62. The third-order valence-corrected chi connectivity index (χ3v) is 5.66. The van der Waals surface area contributed by atoms with E-state index < -0.39 is 0 Å². The van der Waals surface area contributed by atoms with Gasteiger partial charge in [-0.3, -0.25) is 4.79 Å². The van der Waals surface area contributed by atoms with Gasteiger partial charge in [0.15, 0.2) is 0 Å². The molecule has 6 heteroatoms. The van der Waals surface area contributed by atoms with E-state index >= 15 is 0 Å². The third kappa shape index (κ3) is 6.02. The molecule has 5 nitrogen and oxygen atoms in total. The maximum absolute atomic E-state index is 12.1. The molecule has 1 heterocycles. The van der Waals surface area contributed by atoms with Crippen molar-refractivity contribution in [3.63, 3.8) is 0 Å². The summed E-state index contributed by atoms with van der Waals surface area (Å²) in [5.41, 5.74) is 1.03. The molecule has 0 N–H and O–H groups in total. The van der Waals surface area contributed by atoms with Gasteiger partial charge >= 0.3 is 5.97 Å². The van der Waals surface area contributed by atoms with Crippen molar-refractivity contribution in [1.82, 2.24) is 0 Å². The van der Waals surface area contributed by atoms with Crippen LogP contribution in [-0.2, 0) is 25.7 Å². The molecule has 2 aromatic carbocycles. The zero-order valence-electron chi connectivity index (χ0n) is 16.0. The molecule has 1 fully saturated rings. The molecule has 0 amide bonds. The van der Waals surface area contributed by atoms with Crippen LogP contribution in [0.1, 0.15) is 18.9 Å². The van der Waals surface area contributed by atoms with Crippen LogP contribution in [0.15, 0.2) is 70.7 Å². The number of esters is 1. The molecular weight excluding hydrogens is 374 g/mol. The van der Waals surface area contributed by atoms with Crippen molar-refractivity contribution in [2.45, 2.75) is 24.8 Å². The summed E-state index contributed by atoms with van der Waals surface area (Å²) in [6.45, 7) is 3.07. The van der Waals surface area contributed by atoms with E-state index in [-0.39, 0.29) is 24.2 Å². The Morgan fingerprint density at radius 2 is 1.86 bits per heavy atom. The second-order valence-corrected chi connectivity index (χ2v) is 7.59. The van der Waals surface area contributed by atoms with Crippen molar-refractivity contribution in [2.75, 3.05) is 19.0 Å². The third-order valence-electron chi connectivity index (χ3n) is 4.46. The lowest BCUT2D eigenvalue weighted by atomic mass is 9.94. The summed E-state index contributed by atoms with van der Waals surface area (Å²) in [4.78, 5) is 18.8. The molecule has 1 saturated heterocycles. The number of hydrogen-bond acceptors (Lipinski definition) is 6. The van der Waals surface area contributed by atoms with Gasteiger partial charge in [0.2, 0.25) is 5.90 Å². The van der Waals surface area contributed by atoms with Crippen molar-refractivity contribution in [1.29, 1.82) is 0 Å². The van der Waals surface area contributed by atoms with Gasteiger partial charge in [0.25, 0.3) is 0 Å². The summed E-state index contributed by atoms with van der Waals surface area (Å²) in [5.74, 6) is 1.14. The van der Waals surface area contributed by atoms with E-state index in [1.807, 2.05) is 55.5 Å². The first-order chi connectivity index (χ1) is 13.8. The average Bonchev–Trinajstić information content (AvgIpc) is 3.09. The molecule has 1 aliphatic heterocycles. The molecule has 0 spiro atoms. The van der Waals surface area contributed by atoms with Crippen LogP contribution in [0.3, 0.4) is 0 Å². The number of hydrogen-bond donors (Lipinski definition) is 0. The second kappa shape index (κ2) is 10.8. The predicted octanol–water partition coefficient (Wildman–Crippen LogP) is 4.52. The summed E-state index contributed by atoms with van der Waals surface area (Å²) >= 11 is 1.76. The van der Waals surface area contributed by atoms with Gasteiger partial charge in [-0.1, -0.05) is 53.7 Å². The topological polar surface area (TPSA) is 57.1 Å². The molecule has 0 bridgehead atoms. The van der Waals surface area contributed by atoms with Gasteiger partial charge in [-0.25, -0.2) is 0 Å². The number of nitrogens with zero attached hydrogens (tertiary/aromatic N) is 1. The second-order valence-electron chi connectivity index (χ2n) is 6.50. The Kier molecular flexibility index (Phi) is 7.79. The van der Waals surface area contributed by atoms with E-state index in [0.717, 1.165) is 11.3 Å². The SMILES string of the molecule is CCOC(=O)C[C@H]1/C(=N/OCc2ccccc2)OC[C@H]1CSc1ccccc1. The standard InChI is InChI=1S/C22H25NO4S/c1-2-25-21(24)13-20-18(16-28-19-11-7-4-8-12-19)15-26-22(20)23-27-14-17-9-5-3-6-10-17/h3-12,18,20H,2,13-16H2,1H3/b23-22-/t18-,20+/m0/s1. The Labute approximate surface area is 170 Å². The minimum atomic E-state index is -0.233. The number of oxime groups is 1. The summed E-state index contributed by atoms with van der Waals surface area (Å²) in [7, 11) is 0. The number of carbonyl (C=O) groups is 1. The first-order valence-electron chi connectivity index (χ1n) is 9.46. The Hall–Kier alpha value is -2.47. The predicted molar refractivity (Wildman–Crippen MR) is 110 cm³/mol. The minimum absolute atomic E-state index is 0.133. The van der Waals surface area contributed by atoms with Crippen molar-refractivity contribution in [2.24, 2.45) is 17.0 Å². The molecule has 0 aliphatic carbocycles. The van der Waals surface area contributed by atoms with E-state index in [2.05, 4.69) is 17.3 Å². The maximum Gasteiger partial charge on any atom is 0.306 e. The number of benzene rings is 2. The van der Waals surface area contributed by atoms with Crippen LogP contribution in [0.25, 0.3) is 0 Å².